The molecule has 0 bridgehead atoms. The molecule has 0 aliphatic rings. The van der Waals surface area contributed by atoms with E-state index in [0.717, 1.165) is 70.3 Å². The Bertz CT molecular complexity index is 777. The fourth-order valence-corrected chi connectivity index (χ4v) is 4.28. The summed E-state index contributed by atoms with van der Waals surface area (Å²) in [5, 5.41) is 3.17. The monoisotopic (exact) mass is 416 g/mol. The molecule has 1 amide bonds. The summed E-state index contributed by atoms with van der Waals surface area (Å²) in [4.78, 5) is 17.8. The first kappa shape index (κ1) is 20.6. The Kier molecular flexibility index (Phi) is 7.39. The van der Waals surface area contributed by atoms with Gasteiger partial charge in [0.2, 0.25) is 0 Å². The number of unbranched alkanes of at least 4 members (excludes halogenated alkanes) is 1. The molecule has 1 heterocycles. The van der Waals surface area contributed by atoms with Crippen LogP contribution < -0.4 is 5.32 Å². The van der Waals surface area contributed by atoms with Gasteiger partial charge in [-0.2, -0.15) is 0 Å². The number of hydrogen-bond donors (Lipinski definition) is 1. The second-order valence-electron chi connectivity index (χ2n) is 6.67. The molecule has 3 nitrogen and oxygen atoms in total. The second kappa shape index (κ2) is 9.31. The van der Waals surface area contributed by atoms with Crippen LogP contribution in [-0.2, 0) is 19.3 Å². The van der Waals surface area contributed by atoms with Crippen molar-refractivity contribution in [3.63, 3.8) is 0 Å². The number of hydrogen-bond acceptors (Lipinski definition) is 2. The summed E-state index contributed by atoms with van der Waals surface area (Å²) in [6.07, 6.45) is 4.91. The lowest BCUT2D eigenvalue weighted by Crippen LogP contribution is -2.18. The van der Waals surface area contributed by atoms with E-state index in [1.807, 2.05) is 13.8 Å². The maximum Gasteiger partial charge on any atom is 0.258 e. The van der Waals surface area contributed by atoms with Gasteiger partial charge in [0.25, 0.3) is 5.91 Å². The number of nitrogens with zero attached hydrogens (tertiary/aromatic N) is 1. The van der Waals surface area contributed by atoms with Crippen LogP contribution in [0.25, 0.3) is 0 Å². The van der Waals surface area contributed by atoms with Gasteiger partial charge in [-0.25, -0.2) is 0 Å². The first-order valence-corrected chi connectivity index (χ1v) is 10.3. The van der Waals surface area contributed by atoms with Gasteiger partial charge in [0.1, 0.15) is 0 Å². The maximum atomic E-state index is 13.1. The van der Waals surface area contributed by atoms with Crippen LogP contribution in [0.4, 0.5) is 5.69 Å². The Morgan fingerprint density at radius 3 is 2.23 bits per heavy atom. The van der Waals surface area contributed by atoms with E-state index in [1.54, 1.807) is 0 Å². The summed E-state index contributed by atoms with van der Waals surface area (Å²) in [6, 6.07) is 6.22. The molecular weight excluding hydrogens is 388 g/mol. The molecule has 2 aromatic rings. The van der Waals surface area contributed by atoms with Crippen LogP contribution in [0.1, 0.15) is 72.0 Å². The van der Waals surface area contributed by atoms with Gasteiger partial charge >= 0.3 is 0 Å². The third kappa shape index (κ3) is 4.35. The van der Waals surface area contributed by atoms with Crippen LogP contribution in [0.3, 0.4) is 0 Å². The molecule has 0 saturated carbocycles. The highest BCUT2D eigenvalue weighted by atomic mass is 79.9. The molecule has 1 aromatic heterocycles. The maximum absolute atomic E-state index is 13.1. The zero-order chi connectivity index (χ0) is 19.3. The van der Waals surface area contributed by atoms with Crippen molar-refractivity contribution in [3.05, 3.63) is 56.3 Å². The van der Waals surface area contributed by atoms with Gasteiger partial charge < -0.3 is 5.32 Å². The van der Waals surface area contributed by atoms with Gasteiger partial charge in [0, 0.05) is 15.9 Å². The summed E-state index contributed by atoms with van der Waals surface area (Å²) in [6.45, 7) is 10.3. The van der Waals surface area contributed by atoms with Gasteiger partial charge in [-0.1, -0.05) is 45.4 Å². The van der Waals surface area contributed by atoms with E-state index in [0.29, 0.717) is 5.56 Å². The van der Waals surface area contributed by atoms with Crippen LogP contribution in [0, 0.1) is 13.8 Å². The summed E-state index contributed by atoms with van der Waals surface area (Å²) in [7, 11) is 0. The van der Waals surface area contributed by atoms with Crippen molar-refractivity contribution in [3.8, 4) is 0 Å². The molecule has 140 valence electrons. The number of rotatable bonds is 7. The van der Waals surface area contributed by atoms with Crippen LogP contribution in [0.2, 0.25) is 0 Å². The molecule has 0 aliphatic heterocycles. The molecule has 4 heteroatoms. The zero-order valence-electron chi connectivity index (χ0n) is 16.5. The summed E-state index contributed by atoms with van der Waals surface area (Å²) in [5.74, 6) is -0.0878. The number of halogens is 1. The van der Waals surface area contributed by atoms with E-state index in [2.05, 4.69) is 65.2 Å². The Hall–Kier alpha value is -1.68. The highest BCUT2D eigenvalue weighted by molar-refractivity contribution is 9.10. The molecular formula is C22H29BrN2O. The van der Waals surface area contributed by atoms with Crippen molar-refractivity contribution in [2.24, 2.45) is 0 Å². The van der Waals surface area contributed by atoms with Crippen LogP contribution in [0.15, 0.2) is 22.7 Å². The number of carbonyl (C=O) groups excluding carboxylic acids is 1. The van der Waals surface area contributed by atoms with Crippen molar-refractivity contribution in [1.82, 2.24) is 4.98 Å². The highest BCUT2D eigenvalue weighted by Gasteiger charge is 2.21. The third-order valence-corrected chi connectivity index (χ3v) is 5.74. The largest absolute Gasteiger partial charge is 0.321 e. The highest BCUT2D eigenvalue weighted by Crippen LogP contribution is 2.30. The lowest BCUT2D eigenvalue weighted by molar-refractivity contribution is 0.102. The number of aromatic nitrogens is 1. The summed E-state index contributed by atoms with van der Waals surface area (Å²) >= 11 is 3.70. The quantitative estimate of drug-likeness (QED) is 0.585. The molecule has 0 saturated heterocycles. The first-order valence-electron chi connectivity index (χ1n) is 9.52. The number of anilines is 1. The van der Waals surface area contributed by atoms with Gasteiger partial charge in [0.05, 0.1) is 11.3 Å². The van der Waals surface area contributed by atoms with Gasteiger partial charge in [-0.3, -0.25) is 9.78 Å². The van der Waals surface area contributed by atoms with Crippen molar-refractivity contribution in [2.75, 3.05) is 5.32 Å². The van der Waals surface area contributed by atoms with Crippen LogP contribution >= 0.6 is 15.9 Å². The standard InChI is InChI=1S/C22H29BrN2O/c1-6-9-13-18-14(4)24-15(5)19(20(18)23)22(26)25-21-16(7-2)11-10-12-17(21)8-3/h10-12H,6-9,13H2,1-5H3,(H,25,26). The molecule has 0 fully saturated rings. The van der Waals surface area contributed by atoms with Crippen molar-refractivity contribution < 1.29 is 4.79 Å². The van der Waals surface area contributed by atoms with E-state index in [9.17, 15) is 4.79 Å². The Balaban J connectivity index is 2.45. The Morgan fingerprint density at radius 2 is 1.69 bits per heavy atom. The molecule has 2 rings (SSSR count). The average Bonchev–Trinajstić information content (AvgIpc) is 2.61. The zero-order valence-corrected chi connectivity index (χ0v) is 18.1. The topological polar surface area (TPSA) is 42.0 Å². The van der Waals surface area contributed by atoms with Gasteiger partial charge in [-0.15, -0.1) is 0 Å². The fraction of sp³-hybridized carbons (Fsp3) is 0.455. The summed E-state index contributed by atoms with van der Waals surface area (Å²) < 4.78 is 0.889. The van der Waals surface area contributed by atoms with E-state index >= 15 is 0 Å². The Labute approximate surface area is 165 Å². The molecule has 0 radical (unpaired) electrons. The predicted molar refractivity (Wildman–Crippen MR) is 113 cm³/mol. The molecule has 26 heavy (non-hydrogen) atoms. The first-order chi connectivity index (χ1) is 12.4. The number of carbonyl (C=O) groups is 1. The van der Waals surface area contributed by atoms with E-state index in [4.69, 9.17) is 0 Å². The Morgan fingerprint density at radius 1 is 1.08 bits per heavy atom. The van der Waals surface area contributed by atoms with Crippen LogP contribution in [0.5, 0.6) is 0 Å². The average molecular weight is 417 g/mol. The second-order valence-corrected chi connectivity index (χ2v) is 7.46. The number of nitrogens with one attached hydrogen (secondary N) is 1. The molecule has 0 unspecified atom stereocenters. The van der Waals surface area contributed by atoms with Gasteiger partial charge in [0.15, 0.2) is 0 Å². The minimum Gasteiger partial charge on any atom is -0.321 e. The molecule has 1 aromatic carbocycles. The fourth-order valence-electron chi connectivity index (χ4n) is 3.33. The van der Waals surface area contributed by atoms with Crippen molar-refractivity contribution in [2.45, 2.75) is 66.7 Å². The molecule has 1 N–H and O–H groups in total. The smallest absolute Gasteiger partial charge is 0.258 e. The molecule has 0 aliphatic carbocycles. The van der Waals surface area contributed by atoms with Gasteiger partial charge in [-0.05, 0) is 72.2 Å². The summed E-state index contributed by atoms with van der Waals surface area (Å²) in [5.41, 5.74) is 6.83. The normalized spacial score (nSPS) is 10.8. The number of pyridine rings is 1. The SMILES string of the molecule is CCCCc1c(C)nc(C)c(C(=O)Nc2c(CC)cccc2CC)c1Br. The van der Waals surface area contributed by atoms with E-state index < -0.39 is 0 Å². The van der Waals surface area contributed by atoms with E-state index in [1.165, 1.54) is 0 Å². The van der Waals surface area contributed by atoms with Crippen molar-refractivity contribution in [1.29, 1.82) is 0 Å². The predicted octanol–water partition coefficient (Wildman–Crippen LogP) is 6.18. The third-order valence-electron chi connectivity index (χ3n) is 4.86. The van der Waals surface area contributed by atoms with Crippen LogP contribution in [-0.4, -0.2) is 10.9 Å². The lowest BCUT2D eigenvalue weighted by atomic mass is 10.0. The number of para-hydroxylation sites is 1. The minimum atomic E-state index is -0.0878. The minimum absolute atomic E-state index is 0.0878. The molecule has 0 spiro atoms. The lowest BCUT2D eigenvalue weighted by Gasteiger charge is -2.18. The van der Waals surface area contributed by atoms with E-state index in [-0.39, 0.29) is 5.91 Å². The van der Waals surface area contributed by atoms with Crippen molar-refractivity contribution >= 4 is 27.5 Å². The molecule has 0 atom stereocenters. The number of amides is 1. The number of aryl methyl sites for hydroxylation is 4. The number of benzene rings is 1.